The van der Waals surface area contributed by atoms with Crippen LogP contribution < -0.4 is 4.74 Å². The first-order valence-electron chi connectivity index (χ1n) is 9.38. The first kappa shape index (κ1) is 20.8. The highest BCUT2D eigenvalue weighted by atomic mass is 19.4. The zero-order chi connectivity index (χ0) is 23.4. The molecule has 0 aliphatic heterocycles. The van der Waals surface area contributed by atoms with Crippen LogP contribution in [0.1, 0.15) is 5.69 Å². The van der Waals surface area contributed by atoms with Crippen molar-refractivity contribution < 1.29 is 31.1 Å². The van der Waals surface area contributed by atoms with Crippen molar-refractivity contribution in [1.29, 1.82) is 0 Å². The Kier molecular flexibility index (Phi) is 4.55. The summed E-state index contributed by atoms with van der Waals surface area (Å²) in [7, 11) is 1.45. The van der Waals surface area contributed by atoms with E-state index < -0.39 is 17.8 Å². The lowest BCUT2D eigenvalue weighted by Crippen LogP contribution is -2.34. The van der Waals surface area contributed by atoms with E-state index in [-0.39, 0.29) is 28.4 Å². The van der Waals surface area contributed by atoms with Crippen molar-refractivity contribution in [3.8, 4) is 28.5 Å². The van der Waals surface area contributed by atoms with E-state index in [1.807, 2.05) is 0 Å². The molecule has 5 rings (SSSR count). The lowest BCUT2D eigenvalue weighted by Gasteiger charge is -2.20. The van der Waals surface area contributed by atoms with Crippen LogP contribution in [-0.2, 0) is 5.92 Å². The van der Waals surface area contributed by atoms with Crippen molar-refractivity contribution in [3.63, 3.8) is 0 Å². The largest absolute Gasteiger partial charge is 0.497 e. The van der Waals surface area contributed by atoms with Crippen LogP contribution >= 0.6 is 0 Å². The molecule has 0 fully saturated rings. The second-order valence-corrected chi connectivity index (χ2v) is 7.02. The molecule has 0 bridgehead atoms. The van der Waals surface area contributed by atoms with Crippen LogP contribution in [0.25, 0.3) is 39.4 Å². The Bertz CT molecular complexity index is 1460. The molecular formula is C21H12F5N5O2. The van der Waals surface area contributed by atoms with Gasteiger partial charge in [-0.05, 0) is 41.5 Å². The van der Waals surface area contributed by atoms with E-state index in [0.717, 1.165) is 12.5 Å². The molecule has 33 heavy (non-hydrogen) atoms. The van der Waals surface area contributed by atoms with E-state index in [9.17, 15) is 22.0 Å². The van der Waals surface area contributed by atoms with Gasteiger partial charge in [-0.15, -0.1) is 10.2 Å². The average molecular weight is 461 g/mol. The smallest absolute Gasteiger partial charge is 0.459 e. The number of aromatic nitrogens is 5. The normalized spacial score (nSPS) is 12.5. The zero-order valence-corrected chi connectivity index (χ0v) is 16.6. The fraction of sp³-hybridized carbons (Fsp3) is 0.143. The molecule has 0 spiro atoms. The second kappa shape index (κ2) is 7.22. The van der Waals surface area contributed by atoms with Gasteiger partial charge in [0.15, 0.2) is 0 Å². The number of fused-ring (bicyclic) bond motifs is 3. The summed E-state index contributed by atoms with van der Waals surface area (Å²) in [6.07, 6.45) is -3.37. The number of alkyl halides is 5. The van der Waals surface area contributed by atoms with Gasteiger partial charge in [-0.25, -0.2) is 9.97 Å². The summed E-state index contributed by atoms with van der Waals surface area (Å²) in [4.78, 5) is 7.99. The highest BCUT2D eigenvalue weighted by Gasteiger charge is 2.60. The summed E-state index contributed by atoms with van der Waals surface area (Å²) in [5, 5.41) is 7.63. The first-order valence-corrected chi connectivity index (χ1v) is 9.38. The third kappa shape index (κ3) is 3.34. The van der Waals surface area contributed by atoms with E-state index in [2.05, 4.69) is 20.2 Å². The van der Waals surface area contributed by atoms with Crippen molar-refractivity contribution in [1.82, 2.24) is 24.6 Å². The Morgan fingerprint density at radius 3 is 2.36 bits per heavy atom. The van der Waals surface area contributed by atoms with Crippen molar-refractivity contribution in [3.05, 3.63) is 60.7 Å². The molecule has 0 saturated heterocycles. The minimum Gasteiger partial charge on any atom is -0.497 e. The number of hydrogen-bond donors (Lipinski definition) is 0. The quantitative estimate of drug-likeness (QED) is 0.340. The summed E-state index contributed by atoms with van der Waals surface area (Å²) < 4.78 is 79.8. The molecule has 0 N–H and O–H groups in total. The van der Waals surface area contributed by atoms with E-state index >= 15 is 0 Å². The van der Waals surface area contributed by atoms with E-state index in [0.29, 0.717) is 16.7 Å². The SMILES string of the molecule is COc1ccc(-c2cc(C(F)(F)C(F)(F)F)nc3c2ccc2nc(-c4nnco4)cn23)cc1. The highest BCUT2D eigenvalue weighted by Crippen LogP contribution is 2.45. The fourth-order valence-electron chi connectivity index (χ4n) is 3.43. The summed E-state index contributed by atoms with van der Waals surface area (Å²) in [6, 6.07) is 10.2. The molecule has 0 atom stereocenters. The number of nitrogens with zero attached hydrogens (tertiary/aromatic N) is 5. The average Bonchev–Trinajstić information content (AvgIpc) is 3.47. The number of ether oxygens (including phenoxy) is 1. The van der Waals surface area contributed by atoms with Gasteiger partial charge in [0.1, 0.15) is 28.4 Å². The van der Waals surface area contributed by atoms with Gasteiger partial charge < -0.3 is 9.15 Å². The molecule has 1 aromatic carbocycles. The van der Waals surface area contributed by atoms with Gasteiger partial charge in [-0.3, -0.25) is 4.40 Å². The topological polar surface area (TPSA) is 78.3 Å². The molecular weight excluding hydrogens is 449 g/mol. The third-order valence-electron chi connectivity index (χ3n) is 5.06. The highest BCUT2D eigenvalue weighted by molar-refractivity contribution is 5.94. The monoisotopic (exact) mass is 461 g/mol. The fourth-order valence-corrected chi connectivity index (χ4v) is 3.43. The van der Waals surface area contributed by atoms with Crippen LogP contribution in [0.3, 0.4) is 0 Å². The number of pyridine rings is 2. The van der Waals surface area contributed by atoms with Crippen molar-refractivity contribution in [2.24, 2.45) is 0 Å². The van der Waals surface area contributed by atoms with Crippen LogP contribution in [0.5, 0.6) is 5.75 Å². The summed E-state index contributed by atoms with van der Waals surface area (Å²) >= 11 is 0. The number of imidazole rings is 1. The lowest BCUT2D eigenvalue weighted by atomic mass is 10.00. The standard InChI is InChI=1S/C21H12F5N5O2/c1-32-12-4-2-11(3-5-12)14-8-16(20(22,23)21(24,25)26)29-18-13(14)6-7-17-28-15(9-31(17)18)19-30-27-10-33-19/h2-10H,1H3. The Labute approximate surface area is 181 Å². The molecule has 0 saturated carbocycles. The summed E-state index contributed by atoms with van der Waals surface area (Å²) in [6.45, 7) is 0. The van der Waals surface area contributed by atoms with Crippen LogP contribution in [-0.4, -0.2) is 37.9 Å². The van der Waals surface area contributed by atoms with E-state index in [1.54, 1.807) is 36.4 Å². The number of hydrogen-bond acceptors (Lipinski definition) is 6. The summed E-state index contributed by atoms with van der Waals surface area (Å²) in [5.74, 6) is -4.63. The van der Waals surface area contributed by atoms with Crippen molar-refractivity contribution in [2.45, 2.75) is 12.1 Å². The van der Waals surface area contributed by atoms with Gasteiger partial charge in [0, 0.05) is 11.6 Å². The van der Waals surface area contributed by atoms with Crippen LogP contribution in [0, 0.1) is 0 Å². The molecule has 0 unspecified atom stereocenters. The summed E-state index contributed by atoms with van der Waals surface area (Å²) in [5.41, 5.74) is -0.584. The molecule has 5 aromatic rings. The maximum absolute atomic E-state index is 14.4. The van der Waals surface area contributed by atoms with Crippen LogP contribution in [0.2, 0.25) is 0 Å². The second-order valence-electron chi connectivity index (χ2n) is 7.02. The molecule has 0 aliphatic rings. The molecule has 4 aromatic heterocycles. The lowest BCUT2D eigenvalue weighted by molar-refractivity contribution is -0.290. The molecule has 168 valence electrons. The van der Waals surface area contributed by atoms with Crippen LogP contribution in [0.15, 0.2) is 59.5 Å². The van der Waals surface area contributed by atoms with Gasteiger partial charge in [0.2, 0.25) is 6.39 Å². The zero-order valence-electron chi connectivity index (χ0n) is 16.6. The Hall–Kier alpha value is -4.09. The number of rotatable bonds is 4. The van der Waals surface area contributed by atoms with Gasteiger partial charge in [-0.1, -0.05) is 12.1 Å². The predicted octanol–water partition coefficient (Wildman–Crippen LogP) is 5.26. The molecule has 12 heteroatoms. The molecule has 7 nitrogen and oxygen atoms in total. The van der Waals surface area contributed by atoms with Crippen molar-refractivity contribution >= 4 is 16.7 Å². The van der Waals surface area contributed by atoms with Gasteiger partial charge in [-0.2, -0.15) is 22.0 Å². The maximum atomic E-state index is 14.4. The number of methoxy groups -OCH3 is 1. The predicted molar refractivity (Wildman–Crippen MR) is 106 cm³/mol. The van der Waals surface area contributed by atoms with Crippen molar-refractivity contribution in [2.75, 3.05) is 7.11 Å². The van der Waals surface area contributed by atoms with Gasteiger partial charge >= 0.3 is 12.1 Å². The molecule has 0 amide bonds. The maximum Gasteiger partial charge on any atom is 0.459 e. The minimum atomic E-state index is -5.83. The molecule has 0 radical (unpaired) electrons. The molecule has 0 aliphatic carbocycles. The van der Waals surface area contributed by atoms with Gasteiger partial charge in [0.05, 0.1) is 7.11 Å². The first-order chi connectivity index (χ1) is 15.7. The minimum absolute atomic E-state index is 0.0546. The third-order valence-corrected chi connectivity index (χ3v) is 5.06. The Morgan fingerprint density at radius 2 is 1.73 bits per heavy atom. The molecule has 4 heterocycles. The van der Waals surface area contributed by atoms with Crippen LogP contribution in [0.4, 0.5) is 22.0 Å². The van der Waals surface area contributed by atoms with Gasteiger partial charge in [0.25, 0.3) is 5.89 Å². The Balaban J connectivity index is 1.83. The van der Waals surface area contributed by atoms with E-state index in [1.165, 1.54) is 17.7 Å². The number of halogens is 5. The van der Waals surface area contributed by atoms with E-state index in [4.69, 9.17) is 9.15 Å². The number of benzene rings is 1. The Morgan fingerprint density at radius 1 is 0.970 bits per heavy atom.